The van der Waals surface area contributed by atoms with E-state index in [1.54, 1.807) is 6.07 Å². The summed E-state index contributed by atoms with van der Waals surface area (Å²) in [5.74, 6) is -0.194. The Balaban J connectivity index is 2.14. The molecule has 4 heteroatoms. The van der Waals surface area contributed by atoms with Crippen molar-refractivity contribution < 1.29 is 9.59 Å². The maximum atomic E-state index is 12.1. The van der Waals surface area contributed by atoms with E-state index in [1.165, 1.54) is 4.90 Å². The molecular weight excluding hydrogens is 216 g/mol. The summed E-state index contributed by atoms with van der Waals surface area (Å²) in [4.78, 5) is 25.1. The van der Waals surface area contributed by atoms with Crippen molar-refractivity contribution in [2.75, 3.05) is 13.1 Å². The van der Waals surface area contributed by atoms with Crippen LogP contribution in [0.4, 0.5) is 4.79 Å². The highest BCUT2D eigenvalue weighted by atomic mass is 16.2. The van der Waals surface area contributed by atoms with Crippen LogP contribution in [0.3, 0.4) is 0 Å². The zero-order chi connectivity index (χ0) is 12.3. The molecule has 4 nitrogen and oxygen atoms in total. The van der Waals surface area contributed by atoms with Crippen molar-refractivity contribution in [2.45, 2.75) is 19.8 Å². The standard InChI is InChI=1S/C13H16N2O2/c1-2-8-14-13(17)15-9-7-10-5-3-4-6-11(10)12(15)16/h3-6H,2,7-9H2,1H3,(H,14,17). The Hall–Kier alpha value is -1.84. The molecule has 1 heterocycles. The number of imide groups is 1. The van der Waals surface area contributed by atoms with E-state index in [0.29, 0.717) is 18.7 Å². The van der Waals surface area contributed by atoms with Crippen LogP contribution in [0.2, 0.25) is 0 Å². The zero-order valence-corrected chi connectivity index (χ0v) is 9.90. The van der Waals surface area contributed by atoms with Gasteiger partial charge in [0.05, 0.1) is 0 Å². The zero-order valence-electron chi connectivity index (χ0n) is 9.90. The second kappa shape index (κ2) is 4.99. The Bertz CT molecular complexity index is 443. The van der Waals surface area contributed by atoms with Crippen LogP contribution in [-0.2, 0) is 6.42 Å². The van der Waals surface area contributed by atoms with Crippen LogP contribution in [0.5, 0.6) is 0 Å². The third kappa shape index (κ3) is 2.30. The molecule has 90 valence electrons. The molecule has 0 bridgehead atoms. The molecule has 0 aliphatic carbocycles. The molecule has 1 aliphatic rings. The number of amides is 3. The Labute approximate surface area is 101 Å². The van der Waals surface area contributed by atoms with Gasteiger partial charge in [0.25, 0.3) is 5.91 Å². The fourth-order valence-corrected chi connectivity index (χ4v) is 1.95. The van der Waals surface area contributed by atoms with Gasteiger partial charge in [0.2, 0.25) is 0 Å². The highest BCUT2D eigenvalue weighted by molar-refractivity contribution is 6.05. The predicted octanol–water partition coefficient (Wildman–Crippen LogP) is 1.80. The first kappa shape index (κ1) is 11.6. The minimum atomic E-state index is -0.286. The van der Waals surface area contributed by atoms with Crippen molar-refractivity contribution in [1.29, 1.82) is 0 Å². The fourth-order valence-electron chi connectivity index (χ4n) is 1.95. The van der Waals surface area contributed by atoms with Crippen LogP contribution in [0.15, 0.2) is 24.3 Å². The van der Waals surface area contributed by atoms with Gasteiger partial charge in [0.1, 0.15) is 0 Å². The fraction of sp³-hybridized carbons (Fsp3) is 0.385. The van der Waals surface area contributed by atoms with Gasteiger partial charge in [-0.05, 0) is 24.5 Å². The number of hydrogen-bond donors (Lipinski definition) is 1. The van der Waals surface area contributed by atoms with Crippen molar-refractivity contribution in [1.82, 2.24) is 10.2 Å². The van der Waals surface area contributed by atoms with E-state index in [-0.39, 0.29) is 11.9 Å². The number of rotatable bonds is 2. The topological polar surface area (TPSA) is 49.4 Å². The third-order valence-corrected chi connectivity index (χ3v) is 2.87. The molecule has 1 N–H and O–H groups in total. The SMILES string of the molecule is CCCNC(=O)N1CCc2ccccc2C1=O. The molecule has 17 heavy (non-hydrogen) atoms. The van der Waals surface area contributed by atoms with E-state index in [4.69, 9.17) is 0 Å². The lowest BCUT2D eigenvalue weighted by atomic mass is 9.99. The number of nitrogens with zero attached hydrogens (tertiary/aromatic N) is 1. The Morgan fingerprint density at radius 1 is 1.41 bits per heavy atom. The average Bonchev–Trinajstić information content (AvgIpc) is 2.37. The van der Waals surface area contributed by atoms with Crippen molar-refractivity contribution in [2.24, 2.45) is 0 Å². The quantitative estimate of drug-likeness (QED) is 0.845. The molecule has 3 amide bonds. The van der Waals surface area contributed by atoms with Gasteiger partial charge in [-0.25, -0.2) is 4.79 Å². The van der Waals surface area contributed by atoms with E-state index in [9.17, 15) is 9.59 Å². The summed E-state index contributed by atoms with van der Waals surface area (Å²) >= 11 is 0. The molecular formula is C13H16N2O2. The van der Waals surface area contributed by atoms with Crippen LogP contribution in [0.1, 0.15) is 29.3 Å². The van der Waals surface area contributed by atoms with Gasteiger partial charge in [-0.15, -0.1) is 0 Å². The first-order chi connectivity index (χ1) is 8.24. The maximum Gasteiger partial charge on any atom is 0.324 e. The maximum absolute atomic E-state index is 12.1. The predicted molar refractivity (Wildman–Crippen MR) is 64.9 cm³/mol. The highest BCUT2D eigenvalue weighted by Crippen LogP contribution is 2.18. The Morgan fingerprint density at radius 2 is 2.18 bits per heavy atom. The van der Waals surface area contributed by atoms with Crippen LogP contribution in [-0.4, -0.2) is 29.9 Å². The Kier molecular flexibility index (Phi) is 3.42. The molecule has 2 rings (SSSR count). The average molecular weight is 232 g/mol. The van der Waals surface area contributed by atoms with Crippen LogP contribution in [0.25, 0.3) is 0 Å². The lowest BCUT2D eigenvalue weighted by Crippen LogP contribution is -2.47. The molecule has 0 aromatic heterocycles. The van der Waals surface area contributed by atoms with E-state index < -0.39 is 0 Å². The van der Waals surface area contributed by atoms with Gasteiger partial charge in [-0.1, -0.05) is 25.1 Å². The van der Waals surface area contributed by atoms with Gasteiger partial charge < -0.3 is 5.32 Å². The highest BCUT2D eigenvalue weighted by Gasteiger charge is 2.28. The van der Waals surface area contributed by atoms with Gasteiger partial charge in [-0.2, -0.15) is 0 Å². The molecule has 0 saturated heterocycles. The van der Waals surface area contributed by atoms with Crippen molar-refractivity contribution in [3.63, 3.8) is 0 Å². The third-order valence-electron chi connectivity index (χ3n) is 2.87. The van der Waals surface area contributed by atoms with Crippen molar-refractivity contribution in [3.05, 3.63) is 35.4 Å². The molecule has 0 radical (unpaired) electrons. The largest absolute Gasteiger partial charge is 0.338 e. The molecule has 1 aromatic carbocycles. The van der Waals surface area contributed by atoms with E-state index >= 15 is 0 Å². The first-order valence-corrected chi connectivity index (χ1v) is 5.91. The molecule has 0 spiro atoms. The molecule has 0 saturated carbocycles. The summed E-state index contributed by atoms with van der Waals surface area (Å²) in [6, 6.07) is 7.17. The molecule has 0 unspecified atom stereocenters. The number of benzene rings is 1. The number of fused-ring (bicyclic) bond motifs is 1. The van der Waals surface area contributed by atoms with E-state index in [0.717, 1.165) is 18.4 Å². The summed E-state index contributed by atoms with van der Waals surface area (Å²) in [6.45, 7) is 3.04. The number of hydrogen-bond acceptors (Lipinski definition) is 2. The van der Waals surface area contributed by atoms with Gasteiger partial charge in [0.15, 0.2) is 0 Å². The van der Waals surface area contributed by atoms with Crippen molar-refractivity contribution in [3.8, 4) is 0 Å². The van der Waals surface area contributed by atoms with E-state index in [2.05, 4.69) is 5.32 Å². The first-order valence-electron chi connectivity index (χ1n) is 5.91. The number of nitrogens with one attached hydrogen (secondary N) is 1. The number of urea groups is 1. The number of carbonyl (C=O) groups is 2. The normalized spacial score (nSPS) is 14.4. The number of carbonyl (C=O) groups excluding carboxylic acids is 2. The Morgan fingerprint density at radius 3 is 2.94 bits per heavy atom. The lowest BCUT2D eigenvalue weighted by molar-refractivity contribution is 0.0787. The summed E-state index contributed by atoms with van der Waals surface area (Å²) in [7, 11) is 0. The lowest BCUT2D eigenvalue weighted by Gasteiger charge is -2.26. The molecule has 0 atom stereocenters. The van der Waals surface area contributed by atoms with Gasteiger partial charge >= 0.3 is 6.03 Å². The van der Waals surface area contributed by atoms with Crippen LogP contribution >= 0.6 is 0 Å². The minimum Gasteiger partial charge on any atom is -0.338 e. The molecule has 0 fully saturated rings. The smallest absolute Gasteiger partial charge is 0.324 e. The van der Waals surface area contributed by atoms with Crippen LogP contribution < -0.4 is 5.32 Å². The van der Waals surface area contributed by atoms with Crippen LogP contribution in [0, 0.1) is 0 Å². The van der Waals surface area contributed by atoms with Crippen molar-refractivity contribution >= 4 is 11.9 Å². The molecule has 1 aliphatic heterocycles. The van der Waals surface area contributed by atoms with Gasteiger partial charge in [0, 0.05) is 18.7 Å². The summed E-state index contributed by atoms with van der Waals surface area (Å²) in [5.41, 5.74) is 1.67. The minimum absolute atomic E-state index is 0.194. The monoisotopic (exact) mass is 232 g/mol. The molecule has 1 aromatic rings. The second-order valence-electron chi connectivity index (χ2n) is 4.10. The summed E-state index contributed by atoms with van der Waals surface area (Å²) in [5, 5.41) is 2.73. The van der Waals surface area contributed by atoms with E-state index in [1.807, 2.05) is 25.1 Å². The summed E-state index contributed by atoms with van der Waals surface area (Å²) < 4.78 is 0. The summed E-state index contributed by atoms with van der Waals surface area (Å²) in [6.07, 6.45) is 1.60. The second-order valence-corrected chi connectivity index (χ2v) is 4.10. The van der Waals surface area contributed by atoms with Gasteiger partial charge in [-0.3, -0.25) is 9.69 Å².